The van der Waals surface area contributed by atoms with Gasteiger partial charge in [0, 0.05) is 24.1 Å². The number of carbonyl (C=O) groups excluding carboxylic acids is 1. The molecule has 0 bridgehead atoms. The zero-order valence-electron chi connectivity index (χ0n) is 14.7. The first-order valence-electron chi connectivity index (χ1n) is 7.93. The maximum atomic E-state index is 12.3. The zero-order valence-corrected chi connectivity index (χ0v) is 16.2. The van der Waals surface area contributed by atoms with E-state index in [1.807, 2.05) is 48.5 Å². The zero-order chi connectivity index (χ0) is 18.2. The summed E-state index contributed by atoms with van der Waals surface area (Å²) in [6, 6.07) is 13.6. The number of carbonyl (C=O) groups is 1. The van der Waals surface area contributed by atoms with Crippen LogP contribution in [0.5, 0.6) is 11.5 Å². The molecule has 0 fully saturated rings. The number of methoxy groups -OCH3 is 2. The normalized spacial score (nSPS) is 10.7. The highest BCUT2D eigenvalue weighted by Crippen LogP contribution is 2.27. The minimum absolute atomic E-state index is 0.0313. The van der Waals surface area contributed by atoms with Crippen molar-refractivity contribution in [1.29, 1.82) is 0 Å². The van der Waals surface area contributed by atoms with E-state index >= 15 is 0 Å². The smallest absolute Gasteiger partial charge is 0.246 e. The van der Waals surface area contributed by atoms with Crippen molar-refractivity contribution < 1.29 is 14.3 Å². The summed E-state index contributed by atoms with van der Waals surface area (Å²) in [5, 5.41) is 0. The Balaban J connectivity index is 1.94. The van der Waals surface area contributed by atoms with Gasteiger partial charge in [-0.2, -0.15) is 0 Å². The molecule has 0 spiro atoms. The largest absolute Gasteiger partial charge is 0.493 e. The van der Waals surface area contributed by atoms with Crippen LogP contribution >= 0.6 is 15.9 Å². The monoisotopic (exact) mass is 403 g/mol. The molecule has 4 nitrogen and oxygen atoms in total. The lowest BCUT2D eigenvalue weighted by atomic mass is 10.1. The average Bonchev–Trinajstić information content (AvgIpc) is 2.64. The van der Waals surface area contributed by atoms with Crippen LogP contribution in [0, 0.1) is 0 Å². The summed E-state index contributed by atoms with van der Waals surface area (Å²) in [5.41, 5.74) is 2.07. The van der Waals surface area contributed by atoms with Gasteiger partial charge in [0.15, 0.2) is 11.5 Å². The maximum absolute atomic E-state index is 12.3. The third kappa shape index (κ3) is 5.36. The summed E-state index contributed by atoms with van der Waals surface area (Å²) >= 11 is 3.47. The summed E-state index contributed by atoms with van der Waals surface area (Å²) in [7, 11) is 5.03. The summed E-state index contributed by atoms with van der Waals surface area (Å²) in [4.78, 5) is 14.0. The topological polar surface area (TPSA) is 38.8 Å². The summed E-state index contributed by atoms with van der Waals surface area (Å²) in [6.45, 7) is 0.620. The molecule has 5 heteroatoms. The number of likely N-dealkylation sites (N-methyl/N-ethyl adjacent to an activating group) is 1. The van der Waals surface area contributed by atoms with Gasteiger partial charge in [-0.25, -0.2) is 0 Å². The standard InChI is InChI=1S/C20H22BrNO3/c1-22(20(23)11-9-16-6-4-5-7-17(16)21)13-12-15-8-10-18(24-2)19(14-15)25-3/h4-11,14H,12-13H2,1-3H3/b11-9+. The minimum atomic E-state index is -0.0313. The van der Waals surface area contributed by atoms with Crippen molar-refractivity contribution >= 4 is 27.9 Å². The molecule has 0 saturated heterocycles. The lowest BCUT2D eigenvalue weighted by molar-refractivity contribution is -0.124. The highest BCUT2D eigenvalue weighted by Gasteiger charge is 2.08. The van der Waals surface area contributed by atoms with Crippen LogP contribution in [-0.2, 0) is 11.2 Å². The van der Waals surface area contributed by atoms with Crippen molar-refractivity contribution in [1.82, 2.24) is 4.90 Å². The maximum Gasteiger partial charge on any atom is 0.246 e. The predicted molar refractivity (Wildman–Crippen MR) is 104 cm³/mol. The van der Waals surface area contributed by atoms with Gasteiger partial charge in [-0.1, -0.05) is 40.2 Å². The summed E-state index contributed by atoms with van der Waals surface area (Å²) in [5.74, 6) is 1.37. The fourth-order valence-corrected chi connectivity index (χ4v) is 2.76. The predicted octanol–water partition coefficient (Wildman–Crippen LogP) is 4.18. The van der Waals surface area contributed by atoms with E-state index in [2.05, 4.69) is 15.9 Å². The molecule has 0 N–H and O–H groups in total. The molecule has 0 atom stereocenters. The van der Waals surface area contributed by atoms with E-state index in [4.69, 9.17) is 9.47 Å². The fourth-order valence-electron chi connectivity index (χ4n) is 2.34. The number of halogens is 1. The van der Waals surface area contributed by atoms with Crippen LogP contribution in [0.1, 0.15) is 11.1 Å². The molecule has 0 unspecified atom stereocenters. The Labute approximate surface area is 157 Å². The van der Waals surface area contributed by atoms with Crippen molar-refractivity contribution in [3.63, 3.8) is 0 Å². The first kappa shape index (κ1) is 19.1. The Morgan fingerprint density at radius 2 is 1.84 bits per heavy atom. The molecule has 0 heterocycles. The highest BCUT2D eigenvalue weighted by molar-refractivity contribution is 9.10. The fraction of sp³-hybridized carbons (Fsp3) is 0.250. The number of nitrogens with zero attached hydrogens (tertiary/aromatic N) is 1. The van der Waals surface area contributed by atoms with Crippen LogP contribution in [-0.4, -0.2) is 38.6 Å². The quantitative estimate of drug-likeness (QED) is 0.650. The molecular weight excluding hydrogens is 382 g/mol. The van der Waals surface area contributed by atoms with E-state index in [1.165, 1.54) is 0 Å². The average molecular weight is 404 g/mol. The second kappa shape index (κ2) is 9.28. The van der Waals surface area contributed by atoms with Gasteiger partial charge in [0.1, 0.15) is 0 Å². The van der Waals surface area contributed by atoms with Crippen molar-refractivity contribution in [2.75, 3.05) is 27.8 Å². The van der Waals surface area contributed by atoms with Crippen LogP contribution in [0.15, 0.2) is 53.0 Å². The molecule has 0 aliphatic rings. The molecule has 2 aromatic rings. The second-order valence-corrected chi connectivity index (χ2v) is 6.41. The van der Waals surface area contributed by atoms with E-state index in [9.17, 15) is 4.79 Å². The lowest BCUT2D eigenvalue weighted by Gasteiger charge is -2.16. The molecule has 1 amide bonds. The van der Waals surface area contributed by atoms with Crippen LogP contribution < -0.4 is 9.47 Å². The Kier molecular flexibility index (Phi) is 7.07. The van der Waals surface area contributed by atoms with E-state index in [-0.39, 0.29) is 5.91 Å². The van der Waals surface area contributed by atoms with Gasteiger partial charge >= 0.3 is 0 Å². The molecule has 0 aromatic heterocycles. The summed E-state index contributed by atoms with van der Waals surface area (Å²) in [6.07, 6.45) is 4.15. The van der Waals surface area contributed by atoms with Gasteiger partial charge in [0.2, 0.25) is 5.91 Å². The molecule has 0 saturated carbocycles. The van der Waals surface area contributed by atoms with Crippen LogP contribution in [0.25, 0.3) is 6.08 Å². The highest BCUT2D eigenvalue weighted by atomic mass is 79.9. The van der Waals surface area contributed by atoms with Crippen LogP contribution in [0.4, 0.5) is 0 Å². The van der Waals surface area contributed by atoms with Gasteiger partial charge in [-0.15, -0.1) is 0 Å². The Morgan fingerprint density at radius 3 is 2.52 bits per heavy atom. The lowest BCUT2D eigenvalue weighted by Crippen LogP contribution is -2.27. The van der Waals surface area contributed by atoms with Crippen LogP contribution in [0.3, 0.4) is 0 Å². The van der Waals surface area contributed by atoms with E-state index < -0.39 is 0 Å². The molecule has 2 rings (SSSR count). The van der Waals surface area contributed by atoms with Gasteiger partial charge in [-0.05, 0) is 41.8 Å². The van der Waals surface area contributed by atoms with E-state index in [1.54, 1.807) is 32.2 Å². The Bertz CT molecular complexity index is 758. The number of ether oxygens (including phenoxy) is 2. The third-order valence-corrected chi connectivity index (χ3v) is 4.59. The molecule has 2 aromatic carbocycles. The minimum Gasteiger partial charge on any atom is -0.493 e. The number of hydrogen-bond acceptors (Lipinski definition) is 3. The molecule has 0 aliphatic carbocycles. The summed E-state index contributed by atoms with van der Waals surface area (Å²) < 4.78 is 11.5. The number of benzene rings is 2. The molecule has 132 valence electrons. The Morgan fingerprint density at radius 1 is 1.12 bits per heavy atom. The number of rotatable bonds is 7. The van der Waals surface area contributed by atoms with E-state index in [0.717, 1.165) is 22.0 Å². The SMILES string of the molecule is COc1ccc(CCN(C)C(=O)/C=C/c2ccccc2Br)cc1OC. The number of amides is 1. The molecular formula is C20H22BrNO3. The van der Waals surface area contributed by atoms with Crippen molar-refractivity contribution in [3.8, 4) is 11.5 Å². The molecule has 0 radical (unpaired) electrons. The molecule has 0 aliphatic heterocycles. The van der Waals surface area contributed by atoms with Crippen molar-refractivity contribution in [2.24, 2.45) is 0 Å². The first-order chi connectivity index (χ1) is 12.0. The number of hydrogen-bond donors (Lipinski definition) is 0. The van der Waals surface area contributed by atoms with Gasteiger partial charge < -0.3 is 14.4 Å². The third-order valence-electron chi connectivity index (χ3n) is 3.87. The van der Waals surface area contributed by atoms with Gasteiger partial charge in [0.05, 0.1) is 14.2 Å². The van der Waals surface area contributed by atoms with Gasteiger partial charge in [0.25, 0.3) is 0 Å². The van der Waals surface area contributed by atoms with Crippen LogP contribution in [0.2, 0.25) is 0 Å². The van der Waals surface area contributed by atoms with Crippen molar-refractivity contribution in [2.45, 2.75) is 6.42 Å². The van der Waals surface area contributed by atoms with Crippen molar-refractivity contribution in [3.05, 3.63) is 64.1 Å². The Hall–Kier alpha value is -2.27. The second-order valence-electron chi connectivity index (χ2n) is 5.55. The van der Waals surface area contributed by atoms with Gasteiger partial charge in [-0.3, -0.25) is 4.79 Å². The molecule has 25 heavy (non-hydrogen) atoms. The first-order valence-corrected chi connectivity index (χ1v) is 8.73. The van der Waals surface area contributed by atoms with E-state index in [0.29, 0.717) is 18.0 Å².